The van der Waals surface area contributed by atoms with Crippen LogP contribution in [0.4, 0.5) is 5.69 Å². The van der Waals surface area contributed by atoms with Crippen LogP contribution in [0.5, 0.6) is 0 Å². The summed E-state index contributed by atoms with van der Waals surface area (Å²) >= 11 is 12.9. The lowest BCUT2D eigenvalue weighted by Crippen LogP contribution is -2.00. The van der Waals surface area contributed by atoms with E-state index in [1.54, 1.807) is 12.1 Å². The standard InChI is InChI=1S/C10H11Cl2NO2S/c1-7(5-11)6-16-9-4-2-3-8(12)10(9)13(14)15/h2-4,7H,5-6H2,1H3. The minimum absolute atomic E-state index is 0.0176. The summed E-state index contributed by atoms with van der Waals surface area (Å²) in [5, 5.41) is 11.0. The lowest BCUT2D eigenvalue weighted by atomic mass is 10.3. The van der Waals surface area contributed by atoms with Gasteiger partial charge in [-0.05, 0) is 18.1 Å². The number of rotatable bonds is 5. The second kappa shape index (κ2) is 6.33. The number of nitrogens with zero attached hydrogens (tertiary/aromatic N) is 1. The van der Waals surface area contributed by atoms with E-state index in [2.05, 4.69) is 0 Å². The van der Waals surface area contributed by atoms with Crippen LogP contribution >= 0.6 is 35.0 Å². The van der Waals surface area contributed by atoms with E-state index in [-0.39, 0.29) is 10.7 Å². The van der Waals surface area contributed by atoms with Crippen LogP contribution in [-0.4, -0.2) is 16.6 Å². The van der Waals surface area contributed by atoms with Gasteiger partial charge in [0.1, 0.15) is 5.02 Å². The van der Waals surface area contributed by atoms with Gasteiger partial charge in [-0.1, -0.05) is 24.6 Å². The molecule has 1 aromatic carbocycles. The predicted molar refractivity (Wildman–Crippen MR) is 68.7 cm³/mol. The summed E-state index contributed by atoms with van der Waals surface area (Å²) in [5.41, 5.74) is -0.0176. The van der Waals surface area contributed by atoms with Gasteiger partial charge in [0.25, 0.3) is 0 Å². The summed E-state index contributed by atoms with van der Waals surface area (Å²) in [6.45, 7) is 2.00. The first-order chi connectivity index (χ1) is 7.56. The lowest BCUT2D eigenvalue weighted by Gasteiger charge is -2.07. The molecule has 1 atom stereocenters. The number of nitro benzene ring substituents is 1. The Hall–Kier alpha value is -0.450. The second-order valence-corrected chi connectivity index (χ2v) is 5.19. The predicted octanol–water partition coefficient (Wildman–Crippen LogP) is 4.22. The third-order valence-electron chi connectivity index (χ3n) is 1.92. The minimum atomic E-state index is -0.448. The summed E-state index contributed by atoms with van der Waals surface area (Å²) in [6, 6.07) is 4.94. The molecule has 0 saturated carbocycles. The Morgan fingerprint density at radius 3 is 2.81 bits per heavy atom. The molecule has 16 heavy (non-hydrogen) atoms. The van der Waals surface area contributed by atoms with Gasteiger partial charge in [-0.15, -0.1) is 23.4 Å². The Labute approximate surface area is 108 Å². The van der Waals surface area contributed by atoms with Crippen molar-refractivity contribution >= 4 is 40.7 Å². The Morgan fingerprint density at radius 2 is 2.25 bits per heavy atom. The highest BCUT2D eigenvalue weighted by Gasteiger charge is 2.18. The fraction of sp³-hybridized carbons (Fsp3) is 0.400. The molecule has 0 aliphatic rings. The Kier molecular flexibility index (Phi) is 5.38. The van der Waals surface area contributed by atoms with Gasteiger partial charge in [-0.25, -0.2) is 0 Å². The smallest absolute Gasteiger partial charge is 0.258 e. The third-order valence-corrected chi connectivity index (χ3v) is 4.13. The van der Waals surface area contributed by atoms with Crippen LogP contribution in [0.2, 0.25) is 5.02 Å². The topological polar surface area (TPSA) is 43.1 Å². The van der Waals surface area contributed by atoms with Crippen LogP contribution in [0.15, 0.2) is 23.1 Å². The molecule has 1 aromatic rings. The second-order valence-electron chi connectivity index (χ2n) is 3.41. The van der Waals surface area contributed by atoms with Crippen LogP contribution in [-0.2, 0) is 0 Å². The summed E-state index contributed by atoms with van der Waals surface area (Å²) in [6.07, 6.45) is 0. The normalized spacial score (nSPS) is 12.4. The average Bonchev–Trinajstić information content (AvgIpc) is 2.25. The Morgan fingerprint density at radius 1 is 1.56 bits per heavy atom. The van der Waals surface area contributed by atoms with Crippen molar-refractivity contribution in [2.75, 3.05) is 11.6 Å². The SMILES string of the molecule is CC(CCl)CSc1cccc(Cl)c1[N+](=O)[O-]. The lowest BCUT2D eigenvalue weighted by molar-refractivity contribution is -0.387. The van der Waals surface area contributed by atoms with Gasteiger partial charge in [-0.2, -0.15) is 0 Å². The van der Waals surface area contributed by atoms with Crippen molar-refractivity contribution < 1.29 is 4.92 Å². The maximum atomic E-state index is 10.8. The summed E-state index contributed by atoms with van der Waals surface area (Å²) in [7, 11) is 0. The zero-order valence-electron chi connectivity index (χ0n) is 8.65. The molecule has 6 heteroatoms. The molecular weight excluding hydrogens is 269 g/mol. The van der Waals surface area contributed by atoms with E-state index in [0.29, 0.717) is 16.7 Å². The molecule has 0 heterocycles. The molecule has 0 amide bonds. The van der Waals surface area contributed by atoms with Crippen molar-refractivity contribution in [2.45, 2.75) is 11.8 Å². The number of halogens is 2. The number of para-hydroxylation sites is 1. The van der Waals surface area contributed by atoms with Gasteiger partial charge in [0.15, 0.2) is 0 Å². The molecule has 3 nitrogen and oxygen atoms in total. The van der Waals surface area contributed by atoms with Crippen LogP contribution < -0.4 is 0 Å². The molecular formula is C10H11Cl2NO2S. The van der Waals surface area contributed by atoms with E-state index in [1.807, 2.05) is 6.92 Å². The minimum Gasteiger partial charge on any atom is -0.258 e. The largest absolute Gasteiger partial charge is 0.301 e. The van der Waals surface area contributed by atoms with E-state index in [9.17, 15) is 10.1 Å². The first-order valence-corrected chi connectivity index (χ1v) is 6.57. The number of benzene rings is 1. The van der Waals surface area contributed by atoms with Gasteiger partial charge in [0.2, 0.25) is 0 Å². The highest BCUT2D eigenvalue weighted by Crippen LogP contribution is 2.35. The molecule has 1 rings (SSSR count). The molecule has 0 fully saturated rings. The third kappa shape index (κ3) is 3.54. The van der Waals surface area contributed by atoms with E-state index < -0.39 is 4.92 Å². The van der Waals surface area contributed by atoms with E-state index in [4.69, 9.17) is 23.2 Å². The molecule has 88 valence electrons. The molecule has 0 spiro atoms. The van der Waals surface area contributed by atoms with E-state index in [0.717, 1.165) is 5.75 Å². The highest BCUT2D eigenvalue weighted by atomic mass is 35.5. The molecule has 0 aliphatic carbocycles. The van der Waals surface area contributed by atoms with Crippen molar-refractivity contribution in [1.29, 1.82) is 0 Å². The summed E-state index contributed by atoms with van der Waals surface area (Å²) in [5.74, 6) is 1.59. The molecule has 0 aliphatic heterocycles. The van der Waals surface area contributed by atoms with Gasteiger partial charge >= 0.3 is 5.69 Å². The fourth-order valence-electron chi connectivity index (χ4n) is 1.07. The average molecular weight is 280 g/mol. The molecule has 0 N–H and O–H groups in total. The van der Waals surface area contributed by atoms with E-state index >= 15 is 0 Å². The summed E-state index contributed by atoms with van der Waals surface area (Å²) < 4.78 is 0. The Bertz CT molecular complexity index is 387. The van der Waals surface area contributed by atoms with Crippen LogP contribution in [0.1, 0.15) is 6.92 Å². The van der Waals surface area contributed by atoms with Crippen molar-refractivity contribution in [2.24, 2.45) is 5.92 Å². The van der Waals surface area contributed by atoms with Crippen molar-refractivity contribution in [1.82, 2.24) is 0 Å². The van der Waals surface area contributed by atoms with Crippen molar-refractivity contribution in [3.8, 4) is 0 Å². The first kappa shape index (κ1) is 13.6. The van der Waals surface area contributed by atoms with Gasteiger partial charge < -0.3 is 0 Å². The van der Waals surface area contributed by atoms with Crippen molar-refractivity contribution in [3.05, 3.63) is 33.3 Å². The molecule has 0 aromatic heterocycles. The van der Waals surface area contributed by atoms with Crippen LogP contribution in [0, 0.1) is 16.0 Å². The zero-order valence-corrected chi connectivity index (χ0v) is 11.0. The number of thioether (sulfide) groups is 1. The monoisotopic (exact) mass is 279 g/mol. The molecule has 0 bridgehead atoms. The van der Waals surface area contributed by atoms with Crippen molar-refractivity contribution in [3.63, 3.8) is 0 Å². The highest BCUT2D eigenvalue weighted by molar-refractivity contribution is 7.99. The maximum absolute atomic E-state index is 10.8. The van der Waals surface area contributed by atoms with Gasteiger partial charge in [0.05, 0.1) is 9.82 Å². The number of nitro groups is 1. The number of hydrogen-bond donors (Lipinski definition) is 0. The first-order valence-electron chi connectivity index (χ1n) is 4.68. The quantitative estimate of drug-likeness (QED) is 0.351. The number of alkyl halides is 1. The summed E-state index contributed by atoms with van der Waals surface area (Å²) in [4.78, 5) is 11.0. The number of hydrogen-bond acceptors (Lipinski definition) is 3. The van der Waals surface area contributed by atoms with Crippen LogP contribution in [0.3, 0.4) is 0 Å². The molecule has 1 unspecified atom stereocenters. The Balaban J connectivity index is 2.87. The zero-order chi connectivity index (χ0) is 12.1. The fourth-order valence-corrected chi connectivity index (χ4v) is 2.68. The van der Waals surface area contributed by atoms with Gasteiger partial charge in [-0.3, -0.25) is 10.1 Å². The van der Waals surface area contributed by atoms with Crippen LogP contribution in [0.25, 0.3) is 0 Å². The van der Waals surface area contributed by atoms with E-state index in [1.165, 1.54) is 17.8 Å². The molecule has 0 saturated heterocycles. The maximum Gasteiger partial charge on any atom is 0.301 e. The molecule has 0 radical (unpaired) electrons. The van der Waals surface area contributed by atoms with Gasteiger partial charge in [0, 0.05) is 11.6 Å².